The zero-order chi connectivity index (χ0) is 23.2. The largest absolute Gasteiger partial charge is 0.492 e. The minimum absolute atomic E-state index is 0.125. The summed E-state index contributed by atoms with van der Waals surface area (Å²) in [5.74, 6) is 0.705. The molecule has 34 heavy (non-hydrogen) atoms. The van der Waals surface area contributed by atoms with Crippen LogP contribution >= 0.6 is 0 Å². The predicted molar refractivity (Wildman–Crippen MR) is 134 cm³/mol. The second-order valence-electron chi connectivity index (χ2n) is 8.56. The Balaban J connectivity index is 1.26. The fourth-order valence-corrected chi connectivity index (χ4v) is 4.46. The number of rotatable bonds is 7. The number of hydrogen-bond acceptors (Lipinski definition) is 6. The van der Waals surface area contributed by atoms with Gasteiger partial charge in [-0.25, -0.2) is 0 Å². The number of hydrogen-bond donors (Lipinski definition) is 1. The number of amides is 1. The molecule has 0 atom stereocenters. The summed E-state index contributed by atoms with van der Waals surface area (Å²) in [7, 11) is 0. The van der Waals surface area contributed by atoms with Crippen LogP contribution in [0.15, 0.2) is 60.7 Å². The van der Waals surface area contributed by atoms with Crippen molar-refractivity contribution in [1.29, 1.82) is 0 Å². The average molecular weight is 462 g/mol. The normalized spacial score (nSPS) is 17.0. The van der Waals surface area contributed by atoms with Gasteiger partial charge in [-0.3, -0.25) is 9.69 Å². The smallest absolute Gasteiger partial charge is 0.255 e. The molecule has 2 fully saturated rings. The summed E-state index contributed by atoms with van der Waals surface area (Å²) in [6.45, 7) is 8.18. The molecule has 2 aliphatic heterocycles. The van der Waals surface area contributed by atoms with Gasteiger partial charge in [0.15, 0.2) is 0 Å². The number of ether oxygens (including phenoxy) is 3. The molecule has 2 aliphatic rings. The number of morpholine rings is 2. The highest BCUT2D eigenvalue weighted by Crippen LogP contribution is 2.32. The molecule has 2 heterocycles. The highest BCUT2D eigenvalue weighted by Gasteiger charge is 2.15. The Kier molecular flexibility index (Phi) is 7.24. The Hall–Kier alpha value is -3.13. The second-order valence-corrected chi connectivity index (χ2v) is 8.56. The van der Waals surface area contributed by atoms with E-state index in [1.54, 1.807) is 0 Å². The van der Waals surface area contributed by atoms with Gasteiger partial charge in [0.05, 0.1) is 26.4 Å². The molecule has 3 aromatic carbocycles. The lowest BCUT2D eigenvalue weighted by molar-refractivity contribution is 0.0323. The van der Waals surface area contributed by atoms with Gasteiger partial charge in [-0.2, -0.15) is 0 Å². The van der Waals surface area contributed by atoms with Crippen molar-refractivity contribution in [3.63, 3.8) is 0 Å². The van der Waals surface area contributed by atoms with Crippen molar-refractivity contribution in [2.45, 2.75) is 0 Å². The maximum atomic E-state index is 13.0. The fourth-order valence-electron chi connectivity index (χ4n) is 4.46. The number of carbonyl (C=O) groups excluding carboxylic acids is 1. The number of nitrogens with zero attached hydrogens (tertiary/aromatic N) is 2. The third kappa shape index (κ3) is 5.33. The Morgan fingerprint density at radius 1 is 0.824 bits per heavy atom. The highest BCUT2D eigenvalue weighted by molar-refractivity contribution is 6.10. The van der Waals surface area contributed by atoms with Crippen molar-refractivity contribution in [2.75, 3.05) is 76.0 Å². The van der Waals surface area contributed by atoms with Gasteiger partial charge < -0.3 is 24.4 Å². The van der Waals surface area contributed by atoms with E-state index >= 15 is 0 Å². The predicted octanol–water partition coefficient (Wildman–Crippen LogP) is 3.64. The quantitative estimate of drug-likeness (QED) is 0.580. The lowest BCUT2D eigenvalue weighted by Gasteiger charge is -2.28. The summed E-state index contributed by atoms with van der Waals surface area (Å²) in [5, 5.41) is 5.04. The van der Waals surface area contributed by atoms with Gasteiger partial charge in [0.2, 0.25) is 0 Å². The molecule has 0 aromatic heterocycles. The van der Waals surface area contributed by atoms with Gasteiger partial charge >= 0.3 is 0 Å². The minimum atomic E-state index is -0.125. The molecule has 7 heteroatoms. The molecule has 1 amide bonds. The maximum absolute atomic E-state index is 13.0. The maximum Gasteiger partial charge on any atom is 0.255 e. The van der Waals surface area contributed by atoms with Crippen molar-refractivity contribution < 1.29 is 19.0 Å². The molecule has 3 aromatic rings. The van der Waals surface area contributed by atoms with E-state index in [-0.39, 0.29) is 5.91 Å². The topological polar surface area (TPSA) is 63.3 Å². The van der Waals surface area contributed by atoms with Gasteiger partial charge in [0, 0.05) is 60.4 Å². The molecule has 0 radical (unpaired) electrons. The van der Waals surface area contributed by atoms with Gasteiger partial charge in [-0.1, -0.05) is 24.3 Å². The standard InChI is InChI=1S/C27H31N3O4/c31-27(21-5-7-22(8-6-21)30-14-18-33-19-15-30)28-25-9-10-26(24-4-2-1-3-23(24)25)34-20-13-29-11-16-32-17-12-29/h1-10H,11-20H2,(H,28,31). The zero-order valence-electron chi connectivity index (χ0n) is 19.4. The van der Waals surface area contributed by atoms with Crippen molar-refractivity contribution in [2.24, 2.45) is 0 Å². The highest BCUT2D eigenvalue weighted by atomic mass is 16.5. The lowest BCUT2D eigenvalue weighted by Crippen LogP contribution is -2.38. The Labute approximate surface area is 200 Å². The first-order chi connectivity index (χ1) is 16.8. The summed E-state index contributed by atoms with van der Waals surface area (Å²) in [5.41, 5.74) is 2.52. The SMILES string of the molecule is O=C(Nc1ccc(OCCN2CCOCC2)c2ccccc12)c1ccc(N2CCOCC2)cc1. The van der Waals surface area contributed by atoms with E-state index in [9.17, 15) is 4.79 Å². The molecule has 0 aliphatic carbocycles. The summed E-state index contributed by atoms with van der Waals surface area (Å²) in [4.78, 5) is 17.6. The van der Waals surface area contributed by atoms with Crippen molar-refractivity contribution >= 4 is 28.1 Å². The van der Waals surface area contributed by atoms with Gasteiger partial charge in [0.1, 0.15) is 12.4 Å². The summed E-state index contributed by atoms with van der Waals surface area (Å²) in [6, 6.07) is 19.7. The molecule has 1 N–H and O–H groups in total. The van der Waals surface area contributed by atoms with Crippen LogP contribution in [0.1, 0.15) is 10.4 Å². The van der Waals surface area contributed by atoms with E-state index in [1.807, 2.05) is 60.7 Å². The molecule has 178 valence electrons. The molecule has 7 nitrogen and oxygen atoms in total. The molecular weight excluding hydrogens is 430 g/mol. The minimum Gasteiger partial charge on any atom is -0.492 e. The van der Waals surface area contributed by atoms with Crippen LogP contribution in [0.4, 0.5) is 11.4 Å². The molecular formula is C27H31N3O4. The van der Waals surface area contributed by atoms with Crippen LogP contribution < -0.4 is 15.0 Å². The van der Waals surface area contributed by atoms with Gasteiger partial charge in [-0.15, -0.1) is 0 Å². The van der Waals surface area contributed by atoms with Crippen LogP contribution in [0.3, 0.4) is 0 Å². The number of fused-ring (bicyclic) bond motifs is 1. The monoisotopic (exact) mass is 461 g/mol. The van der Waals surface area contributed by atoms with E-state index in [0.717, 1.165) is 87.0 Å². The van der Waals surface area contributed by atoms with Crippen LogP contribution in [-0.4, -0.2) is 76.6 Å². The Morgan fingerprint density at radius 3 is 2.24 bits per heavy atom. The van der Waals surface area contributed by atoms with Crippen LogP contribution in [0.25, 0.3) is 10.8 Å². The first-order valence-electron chi connectivity index (χ1n) is 12.0. The van der Waals surface area contributed by atoms with E-state index in [1.165, 1.54) is 0 Å². The fraction of sp³-hybridized carbons (Fsp3) is 0.370. The first kappa shape index (κ1) is 22.7. The molecule has 2 saturated heterocycles. The van der Waals surface area contributed by atoms with Crippen molar-refractivity contribution in [3.05, 3.63) is 66.2 Å². The Morgan fingerprint density at radius 2 is 1.50 bits per heavy atom. The van der Waals surface area contributed by atoms with E-state index in [2.05, 4.69) is 15.1 Å². The molecule has 0 spiro atoms. The van der Waals surface area contributed by atoms with Crippen molar-refractivity contribution in [1.82, 2.24) is 4.90 Å². The molecule has 0 unspecified atom stereocenters. The van der Waals surface area contributed by atoms with E-state index < -0.39 is 0 Å². The van der Waals surface area contributed by atoms with E-state index in [0.29, 0.717) is 12.2 Å². The number of benzene rings is 3. The Bertz CT molecular complexity index is 1110. The summed E-state index contributed by atoms with van der Waals surface area (Å²) in [6.07, 6.45) is 0. The van der Waals surface area contributed by atoms with Crippen LogP contribution in [-0.2, 0) is 9.47 Å². The van der Waals surface area contributed by atoms with Gasteiger partial charge in [-0.05, 0) is 36.4 Å². The van der Waals surface area contributed by atoms with Crippen LogP contribution in [0.2, 0.25) is 0 Å². The number of anilines is 2. The zero-order valence-corrected chi connectivity index (χ0v) is 19.4. The third-order valence-corrected chi connectivity index (χ3v) is 6.41. The first-order valence-corrected chi connectivity index (χ1v) is 12.0. The molecule has 0 saturated carbocycles. The average Bonchev–Trinajstić information content (AvgIpc) is 2.91. The van der Waals surface area contributed by atoms with Crippen LogP contribution in [0, 0.1) is 0 Å². The van der Waals surface area contributed by atoms with Gasteiger partial charge in [0.25, 0.3) is 5.91 Å². The number of nitrogens with one attached hydrogen (secondary N) is 1. The second kappa shape index (κ2) is 10.9. The molecule has 5 rings (SSSR count). The lowest BCUT2D eigenvalue weighted by atomic mass is 10.1. The summed E-state index contributed by atoms with van der Waals surface area (Å²) < 4.78 is 17.0. The van der Waals surface area contributed by atoms with Crippen molar-refractivity contribution in [3.8, 4) is 5.75 Å². The summed E-state index contributed by atoms with van der Waals surface area (Å²) >= 11 is 0. The van der Waals surface area contributed by atoms with E-state index in [4.69, 9.17) is 14.2 Å². The van der Waals surface area contributed by atoms with Crippen LogP contribution in [0.5, 0.6) is 5.75 Å². The third-order valence-electron chi connectivity index (χ3n) is 6.41. The molecule has 0 bridgehead atoms. The number of carbonyl (C=O) groups is 1.